The number of nitrogens with two attached hydrogens (primary N) is 1. The van der Waals surface area contributed by atoms with Gasteiger partial charge in [0.15, 0.2) is 17.2 Å². The molecule has 0 spiro atoms. The summed E-state index contributed by atoms with van der Waals surface area (Å²) in [4.78, 5) is 12.4. The number of carbonyl (C=O) groups excluding carboxylic acids is 1. The average Bonchev–Trinajstić information content (AvgIpc) is 3.27. The highest BCUT2D eigenvalue weighted by Crippen LogP contribution is 2.50. The maximum atomic E-state index is 15.9. The topological polar surface area (TPSA) is 114 Å². The molecule has 0 saturated heterocycles. The molecule has 1 amide bonds. The van der Waals surface area contributed by atoms with Crippen molar-refractivity contribution in [3.8, 4) is 22.6 Å². The predicted molar refractivity (Wildman–Crippen MR) is 142 cm³/mol. The lowest BCUT2D eigenvalue weighted by Gasteiger charge is -2.38. The monoisotopic (exact) mass is 558 g/mol. The fourth-order valence-corrected chi connectivity index (χ4v) is 5.70. The van der Waals surface area contributed by atoms with Crippen LogP contribution in [0.5, 0.6) is 11.5 Å². The summed E-state index contributed by atoms with van der Waals surface area (Å²) in [6.45, 7) is -0.0493. The number of halogens is 3. The molecular weight excluding hydrogens is 530 g/mol. The Hall–Kier alpha value is -3.24. The maximum absolute atomic E-state index is 15.9. The van der Waals surface area contributed by atoms with Crippen LogP contribution in [0.2, 0.25) is 5.02 Å². The number of fused-ring (bicyclic) bond motifs is 1. The molecule has 2 aliphatic rings. The van der Waals surface area contributed by atoms with Gasteiger partial charge in [0.25, 0.3) is 0 Å². The molecule has 0 aromatic heterocycles. The second-order valence-electron chi connectivity index (χ2n) is 10.00. The van der Waals surface area contributed by atoms with Crippen molar-refractivity contribution in [2.75, 3.05) is 26.4 Å². The molecule has 0 bridgehead atoms. The Morgan fingerprint density at radius 3 is 2.56 bits per heavy atom. The number of hydrogen-bond acceptors (Lipinski definition) is 6. The van der Waals surface area contributed by atoms with E-state index in [0.717, 1.165) is 18.4 Å². The van der Waals surface area contributed by atoms with Gasteiger partial charge in [-0.05, 0) is 36.5 Å². The molecule has 1 fully saturated rings. The van der Waals surface area contributed by atoms with Gasteiger partial charge < -0.3 is 30.7 Å². The molecule has 1 aliphatic heterocycles. The van der Waals surface area contributed by atoms with Crippen molar-refractivity contribution in [2.24, 2.45) is 11.7 Å². The minimum Gasteiger partial charge on any atom is -0.488 e. The molecule has 7 nitrogen and oxygen atoms in total. The maximum Gasteiger partial charge on any atom is 0.249 e. The van der Waals surface area contributed by atoms with E-state index in [0.29, 0.717) is 12.1 Å². The quantitative estimate of drug-likeness (QED) is 0.300. The first kappa shape index (κ1) is 27.3. The van der Waals surface area contributed by atoms with Gasteiger partial charge in [0.1, 0.15) is 18.2 Å². The average molecular weight is 559 g/mol. The summed E-state index contributed by atoms with van der Waals surface area (Å²) in [5.74, 6) is -2.53. The van der Waals surface area contributed by atoms with E-state index in [1.54, 1.807) is 0 Å². The number of primary amides is 1. The largest absolute Gasteiger partial charge is 0.488 e. The standard InChI is InChI=1S/C29H29ClF2N2O5/c30-26-21(31)12-23-20(24(26)25-19(28(33)37)6-7-22(27(25)32)38-9-8-35)13-29(39-23,17-4-2-1-3-5-17)15-34-18-10-16(11-18)14-36/h1-7,12,16,18,34-36H,8-11,13-15H2,(H2,33,37)/t16-,18-,29-/m1/s1. The first-order chi connectivity index (χ1) is 18.8. The zero-order valence-electron chi connectivity index (χ0n) is 21.1. The van der Waals surface area contributed by atoms with E-state index in [4.69, 9.17) is 31.9 Å². The lowest BCUT2D eigenvalue weighted by molar-refractivity contribution is 0.0680. The number of benzene rings is 3. The Bertz CT molecular complexity index is 1380. The Morgan fingerprint density at radius 1 is 1.15 bits per heavy atom. The number of rotatable bonds is 10. The first-order valence-electron chi connectivity index (χ1n) is 12.7. The number of aliphatic hydroxyl groups is 2. The highest BCUT2D eigenvalue weighted by atomic mass is 35.5. The predicted octanol–water partition coefficient (Wildman–Crippen LogP) is 3.95. The molecule has 3 aromatic rings. The van der Waals surface area contributed by atoms with E-state index in [9.17, 15) is 9.90 Å². The van der Waals surface area contributed by atoms with E-state index in [1.807, 2.05) is 30.3 Å². The Balaban J connectivity index is 1.62. The van der Waals surface area contributed by atoms with E-state index < -0.39 is 23.1 Å². The van der Waals surface area contributed by atoms with Gasteiger partial charge in [-0.1, -0.05) is 41.9 Å². The van der Waals surface area contributed by atoms with Crippen molar-refractivity contribution in [3.63, 3.8) is 0 Å². The fourth-order valence-electron chi connectivity index (χ4n) is 5.44. The highest BCUT2D eigenvalue weighted by Gasteiger charge is 2.45. The third-order valence-corrected chi connectivity index (χ3v) is 7.86. The molecule has 1 aliphatic carbocycles. The molecule has 39 heavy (non-hydrogen) atoms. The normalized spacial score (nSPS) is 21.7. The van der Waals surface area contributed by atoms with Crippen molar-refractivity contribution < 1.29 is 33.3 Å². The summed E-state index contributed by atoms with van der Waals surface area (Å²) in [6.07, 6.45) is 1.85. The van der Waals surface area contributed by atoms with Crippen molar-refractivity contribution >= 4 is 17.5 Å². The summed E-state index contributed by atoms with van der Waals surface area (Å²) < 4.78 is 42.9. The number of hydrogen-bond donors (Lipinski definition) is 4. The van der Waals surface area contributed by atoms with Gasteiger partial charge >= 0.3 is 0 Å². The first-order valence-corrected chi connectivity index (χ1v) is 13.1. The minimum atomic E-state index is -0.978. The molecule has 5 N–H and O–H groups in total. The van der Waals surface area contributed by atoms with Gasteiger partial charge in [-0.15, -0.1) is 0 Å². The van der Waals surface area contributed by atoms with Crippen LogP contribution in [0.3, 0.4) is 0 Å². The summed E-state index contributed by atoms with van der Waals surface area (Å²) in [5.41, 5.74) is 5.35. The summed E-state index contributed by atoms with van der Waals surface area (Å²) >= 11 is 6.48. The highest BCUT2D eigenvalue weighted by molar-refractivity contribution is 6.34. The van der Waals surface area contributed by atoms with Gasteiger partial charge in [0.2, 0.25) is 5.91 Å². The van der Waals surface area contributed by atoms with Crippen molar-refractivity contribution in [2.45, 2.75) is 30.9 Å². The van der Waals surface area contributed by atoms with E-state index >= 15 is 8.78 Å². The molecule has 0 radical (unpaired) electrons. The van der Waals surface area contributed by atoms with Gasteiger partial charge in [-0.3, -0.25) is 4.79 Å². The van der Waals surface area contributed by atoms with Crippen LogP contribution >= 0.6 is 11.6 Å². The minimum absolute atomic E-state index is 0.0331. The van der Waals surface area contributed by atoms with Crippen LogP contribution in [0, 0.1) is 17.6 Å². The van der Waals surface area contributed by atoms with E-state index in [1.165, 1.54) is 18.2 Å². The molecule has 3 aromatic carbocycles. The van der Waals surface area contributed by atoms with Crippen LogP contribution in [0.15, 0.2) is 48.5 Å². The van der Waals surface area contributed by atoms with E-state index in [-0.39, 0.29) is 71.4 Å². The molecule has 5 rings (SSSR count). The van der Waals surface area contributed by atoms with Crippen LogP contribution in [0.1, 0.15) is 34.3 Å². The van der Waals surface area contributed by atoms with Gasteiger partial charge in [0, 0.05) is 48.4 Å². The fraction of sp³-hybridized carbons (Fsp3) is 0.345. The van der Waals surface area contributed by atoms with Crippen LogP contribution in [0.25, 0.3) is 11.1 Å². The van der Waals surface area contributed by atoms with Crippen molar-refractivity contribution in [3.05, 3.63) is 81.9 Å². The zero-order valence-corrected chi connectivity index (χ0v) is 21.8. The Morgan fingerprint density at radius 2 is 1.90 bits per heavy atom. The molecule has 1 heterocycles. The SMILES string of the molecule is NC(=O)c1ccc(OCCO)c(F)c1-c1c(Cl)c(F)cc2c1C[C@@](CN[C@H]1C[C@H](CO)C1)(c1ccccc1)O2. The molecule has 206 valence electrons. The lowest BCUT2D eigenvalue weighted by atomic mass is 9.80. The van der Waals surface area contributed by atoms with Gasteiger partial charge in [-0.2, -0.15) is 0 Å². The zero-order chi connectivity index (χ0) is 27.7. The number of amides is 1. The third-order valence-electron chi connectivity index (χ3n) is 7.49. The Labute approximate surface area is 229 Å². The second kappa shape index (κ2) is 11.1. The molecule has 10 heteroatoms. The third kappa shape index (κ3) is 5.07. The summed E-state index contributed by atoms with van der Waals surface area (Å²) in [6, 6.07) is 13.3. The van der Waals surface area contributed by atoms with Gasteiger partial charge in [-0.25, -0.2) is 8.78 Å². The molecule has 0 unspecified atom stereocenters. The summed E-state index contributed by atoms with van der Waals surface area (Å²) in [7, 11) is 0. The molecule has 1 saturated carbocycles. The van der Waals surface area contributed by atoms with Crippen LogP contribution in [0.4, 0.5) is 8.78 Å². The van der Waals surface area contributed by atoms with Crippen molar-refractivity contribution in [1.82, 2.24) is 5.32 Å². The number of nitrogens with one attached hydrogen (secondary N) is 1. The van der Waals surface area contributed by atoms with Crippen molar-refractivity contribution in [1.29, 1.82) is 0 Å². The number of ether oxygens (including phenoxy) is 2. The van der Waals surface area contributed by atoms with Crippen LogP contribution in [-0.2, 0) is 12.0 Å². The Kier molecular flexibility index (Phi) is 7.77. The van der Waals surface area contributed by atoms with Gasteiger partial charge in [0.05, 0.1) is 17.2 Å². The lowest BCUT2D eigenvalue weighted by Crippen LogP contribution is -2.50. The smallest absolute Gasteiger partial charge is 0.249 e. The summed E-state index contributed by atoms with van der Waals surface area (Å²) in [5, 5.41) is 21.7. The van der Waals surface area contributed by atoms with E-state index in [2.05, 4.69) is 5.32 Å². The molecular formula is C29H29ClF2N2O5. The van der Waals surface area contributed by atoms with Crippen LogP contribution in [-0.4, -0.2) is 48.5 Å². The number of carbonyl (C=O) groups is 1. The van der Waals surface area contributed by atoms with Crippen LogP contribution < -0.4 is 20.5 Å². The molecule has 1 atom stereocenters. The second-order valence-corrected chi connectivity index (χ2v) is 10.4. The number of aliphatic hydroxyl groups excluding tert-OH is 2.